The van der Waals surface area contributed by atoms with E-state index in [9.17, 15) is 4.79 Å². The van der Waals surface area contributed by atoms with Crippen molar-refractivity contribution in [3.63, 3.8) is 0 Å². The average molecular weight is 476 g/mol. The molecule has 0 unspecified atom stereocenters. The van der Waals surface area contributed by atoms with Crippen LogP contribution in [-0.2, 0) is 10.2 Å². The number of piperidine rings is 1. The fourth-order valence-corrected chi connectivity index (χ4v) is 6.14. The number of ether oxygens (including phenoxy) is 1. The Balaban J connectivity index is 1.35. The van der Waals surface area contributed by atoms with Crippen LogP contribution >= 0.6 is 0 Å². The Labute approximate surface area is 203 Å². The van der Waals surface area contributed by atoms with E-state index in [4.69, 9.17) is 10.1 Å². The van der Waals surface area contributed by atoms with Gasteiger partial charge in [-0.1, -0.05) is 26.0 Å². The SMILES string of the molecule is CC1(C)c2[nH]c3cc(C=N)ccc3c2C(=O)c2cnc(N3CCC(N4CCOCC4)CC3)c(F)c21. The van der Waals surface area contributed by atoms with E-state index in [1.165, 1.54) is 6.21 Å². The number of aromatic nitrogens is 2. The number of morpholine rings is 1. The molecule has 6 rings (SSSR count). The van der Waals surface area contributed by atoms with E-state index in [1.54, 1.807) is 6.20 Å². The molecule has 0 radical (unpaired) electrons. The minimum absolute atomic E-state index is 0.202. The molecule has 2 fully saturated rings. The predicted octanol–water partition coefficient (Wildman–Crippen LogP) is 3.87. The third-order valence-corrected chi connectivity index (χ3v) is 8.04. The molecule has 0 spiro atoms. The fourth-order valence-electron chi connectivity index (χ4n) is 6.14. The van der Waals surface area contributed by atoms with E-state index in [0.717, 1.165) is 68.7 Å². The van der Waals surface area contributed by atoms with Crippen LogP contribution in [0.2, 0.25) is 0 Å². The summed E-state index contributed by atoms with van der Waals surface area (Å²) in [6.45, 7) is 8.88. The second kappa shape index (κ2) is 8.24. The highest BCUT2D eigenvalue weighted by Crippen LogP contribution is 2.46. The number of nitrogens with one attached hydrogen (secondary N) is 2. The summed E-state index contributed by atoms with van der Waals surface area (Å²) in [5, 5.41) is 8.34. The first kappa shape index (κ1) is 22.4. The maximum atomic E-state index is 16.2. The number of hydrogen-bond donors (Lipinski definition) is 2. The molecule has 4 heterocycles. The molecular weight excluding hydrogens is 445 g/mol. The smallest absolute Gasteiger partial charge is 0.197 e. The van der Waals surface area contributed by atoms with Crippen molar-refractivity contribution in [2.24, 2.45) is 0 Å². The summed E-state index contributed by atoms with van der Waals surface area (Å²) in [6, 6.07) is 6.03. The molecule has 35 heavy (non-hydrogen) atoms. The molecule has 2 aliphatic heterocycles. The Bertz CT molecular complexity index is 1330. The number of nitrogens with zero attached hydrogens (tertiary/aromatic N) is 3. The number of rotatable bonds is 3. The minimum atomic E-state index is -0.740. The maximum Gasteiger partial charge on any atom is 0.197 e. The van der Waals surface area contributed by atoms with Crippen molar-refractivity contribution in [3.8, 4) is 0 Å². The summed E-state index contributed by atoms with van der Waals surface area (Å²) >= 11 is 0. The van der Waals surface area contributed by atoms with E-state index in [2.05, 4.69) is 14.9 Å². The van der Waals surface area contributed by atoms with E-state index < -0.39 is 11.2 Å². The molecule has 1 aromatic carbocycles. The van der Waals surface area contributed by atoms with Gasteiger partial charge in [0, 0.05) is 77.8 Å². The van der Waals surface area contributed by atoms with Crippen molar-refractivity contribution in [2.75, 3.05) is 44.3 Å². The Hall–Kier alpha value is -3.10. The molecule has 3 aliphatic rings. The van der Waals surface area contributed by atoms with E-state index in [1.807, 2.05) is 36.9 Å². The number of pyridine rings is 1. The second-order valence-electron chi connectivity index (χ2n) is 10.3. The number of carbonyl (C=O) groups excluding carboxylic acids is 1. The largest absolute Gasteiger partial charge is 0.379 e. The van der Waals surface area contributed by atoms with Gasteiger partial charge < -0.3 is 20.0 Å². The van der Waals surface area contributed by atoms with Gasteiger partial charge in [0.05, 0.1) is 18.8 Å². The van der Waals surface area contributed by atoms with Crippen LogP contribution < -0.4 is 4.90 Å². The first-order chi connectivity index (χ1) is 16.9. The first-order valence-corrected chi connectivity index (χ1v) is 12.4. The van der Waals surface area contributed by atoms with Crippen LogP contribution in [0.25, 0.3) is 10.9 Å². The summed E-state index contributed by atoms with van der Waals surface area (Å²) in [5.74, 6) is -0.252. The second-order valence-corrected chi connectivity index (χ2v) is 10.3. The molecule has 0 bridgehead atoms. The van der Waals surface area contributed by atoms with Gasteiger partial charge >= 0.3 is 0 Å². The lowest BCUT2D eigenvalue weighted by molar-refractivity contribution is 0.0114. The molecule has 182 valence electrons. The van der Waals surface area contributed by atoms with Crippen LogP contribution in [0.1, 0.15) is 59.4 Å². The summed E-state index contributed by atoms with van der Waals surface area (Å²) in [7, 11) is 0. The van der Waals surface area contributed by atoms with Gasteiger partial charge in [-0.05, 0) is 24.5 Å². The van der Waals surface area contributed by atoms with Crippen LogP contribution in [0.4, 0.5) is 10.2 Å². The van der Waals surface area contributed by atoms with E-state index >= 15 is 4.39 Å². The standard InChI is InChI=1S/C27H30FN5O2/c1-27(2)22-19(24(34)21-18-4-3-16(14-29)13-20(18)31-25(21)27)15-30-26(23(22)28)33-7-5-17(6-8-33)32-9-11-35-12-10-32/h3-4,13-15,17,29,31H,5-12H2,1-2H3. The highest BCUT2D eigenvalue weighted by Gasteiger charge is 2.43. The Morgan fingerprint density at radius 3 is 2.66 bits per heavy atom. The molecule has 7 nitrogen and oxygen atoms in total. The van der Waals surface area contributed by atoms with Crippen molar-refractivity contribution in [1.29, 1.82) is 5.41 Å². The highest BCUT2D eigenvalue weighted by molar-refractivity contribution is 6.20. The lowest BCUT2D eigenvalue weighted by atomic mass is 9.71. The van der Waals surface area contributed by atoms with Gasteiger partial charge in [-0.25, -0.2) is 9.37 Å². The highest BCUT2D eigenvalue weighted by atomic mass is 19.1. The molecule has 3 aromatic rings. The van der Waals surface area contributed by atoms with Gasteiger partial charge in [0.1, 0.15) is 0 Å². The number of benzene rings is 1. The molecule has 2 N–H and O–H groups in total. The van der Waals surface area contributed by atoms with Crippen LogP contribution in [0.5, 0.6) is 0 Å². The quantitative estimate of drug-likeness (QED) is 0.562. The normalized spacial score (nSPS) is 20.7. The number of carbonyl (C=O) groups is 1. The molecule has 2 saturated heterocycles. The number of halogens is 1. The van der Waals surface area contributed by atoms with Crippen molar-refractivity contribution < 1.29 is 13.9 Å². The van der Waals surface area contributed by atoms with Crippen molar-refractivity contribution >= 4 is 28.7 Å². The van der Waals surface area contributed by atoms with E-state index in [-0.39, 0.29) is 5.78 Å². The number of H-pyrrole nitrogens is 1. The summed E-state index contributed by atoms with van der Waals surface area (Å²) < 4.78 is 21.7. The molecule has 2 aromatic heterocycles. The molecule has 0 atom stereocenters. The van der Waals surface area contributed by atoms with Crippen LogP contribution in [0, 0.1) is 11.2 Å². The first-order valence-electron chi connectivity index (χ1n) is 12.4. The fraction of sp³-hybridized carbons (Fsp3) is 0.444. The number of hydrogen-bond acceptors (Lipinski definition) is 6. The van der Waals surface area contributed by atoms with Crippen LogP contribution in [0.3, 0.4) is 0 Å². The van der Waals surface area contributed by atoms with Gasteiger partial charge in [-0.15, -0.1) is 0 Å². The number of anilines is 1. The van der Waals surface area contributed by atoms with Gasteiger partial charge in [-0.2, -0.15) is 0 Å². The topological polar surface area (TPSA) is 85.3 Å². The zero-order valence-corrected chi connectivity index (χ0v) is 20.2. The summed E-state index contributed by atoms with van der Waals surface area (Å²) in [4.78, 5) is 26.0. The average Bonchev–Trinajstić information content (AvgIpc) is 3.28. The van der Waals surface area contributed by atoms with Gasteiger partial charge in [0.25, 0.3) is 0 Å². The predicted molar refractivity (Wildman–Crippen MR) is 134 cm³/mol. The summed E-state index contributed by atoms with van der Waals surface area (Å²) in [6.07, 6.45) is 4.77. The third-order valence-electron chi connectivity index (χ3n) is 8.04. The van der Waals surface area contributed by atoms with Crippen molar-refractivity contribution in [3.05, 3.63) is 58.2 Å². The zero-order valence-electron chi connectivity index (χ0n) is 20.2. The lowest BCUT2D eigenvalue weighted by Gasteiger charge is -2.41. The molecule has 1 aliphatic carbocycles. The number of fused-ring (bicyclic) bond motifs is 4. The maximum absolute atomic E-state index is 16.2. The Morgan fingerprint density at radius 2 is 1.94 bits per heavy atom. The molecule has 0 amide bonds. The Morgan fingerprint density at radius 1 is 1.20 bits per heavy atom. The molecular formula is C27H30FN5O2. The van der Waals surface area contributed by atoms with E-state index in [0.29, 0.717) is 34.2 Å². The Kier molecular flexibility index (Phi) is 5.27. The van der Waals surface area contributed by atoms with Gasteiger partial charge in [0.15, 0.2) is 17.4 Å². The summed E-state index contributed by atoms with van der Waals surface area (Å²) in [5.41, 5.74) is 2.83. The third kappa shape index (κ3) is 3.42. The molecule has 8 heteroatoms. The number of ketones is 1. The van der Waals surface area contributed by atoms with Crippen molar-refractivity contribution in [1.82, 2.24) is 14.9 Å². The van der Waals surface area contributed by atoms with Gasteiger partial charge in [0.2, 0.25) is 0 Å². The minimum Gasteiger partial charge on any atom is -0.379 e. The lowest BCUT2D eigenvalue weighted by Crippen LogP contribution is -2.49. The van der Waals surface area contributed by atoms with Crippen LogP contribution in [-0.4, -0.2) is 72.3 Å². The molecule has 0 saturated carbocycles. The van der Waals surface area contributed by atoms with Gasteiger partial charge in [-0.3, -0.25) is 9.69 Å². The van der Waals surface area contributed by atoms with Crippen LogP contribution in [0.15, 0.2) is 24.4 Å². The number of aromatic amines is 1. The monoisotopic (exact) mass is 475 g/mol. The zero-order chi connectivity index (χ0) is 24.3. The van der Waals surface area contributed by atoms with Crippen molar-refractivity contribution in [2.45, 2.75) is 38.1 Å².